The van der Waals surface area contributed by atoms with Crippen LogP contribution in [0.3, 0.4) is 0 Å². The summed E-state index contributed by atoms with van der Waals surface area (Å²) in [7, 11) is 1.77. The summed E-state index contributed by atoms with van der Waals surface area (Å²) in [6.45, 7) is 7.53. The summed E-state index contributed by atoms with van der Waals surface area (Å²) < 4.78 is 10.7. The molecule has 2 rings (SSSR count). The molecule has 1 aromatic carbocycles. The van der Waals surface area contributed by atoms with Crippen LogP contribution in [0.5, 0.6) is 0 Å². The van der Waals surface area contributed by atoms with Crippen molar-refractivity contribution in [3.05, 3.63) is 29.8 Å². The van der Waals surface area contributed by atoms with Gasteiger partial charge in [0.05, 0.1) is 19.8 Å². The van der Waals surface area contributed by atoms with Crippen LogP contribution in [0, 0.1) is 0 Å². The van der Waals surface area contributed by atoms with Crippen molar-refractivity contribution in [1.82, 2.24) is 5.32 Å². The zero-order valence-electron chi connectivity index (χ0n) is 13.3. The molecule has 4 nitrogen and oxygen atoms in total. The molecule has 0 aromatic heterocycles. The Balaban J connectivity index is 1.83. The number of hydrogen-bond acceptors (Lipinski definition) is 4. The van der Waals surface area contributed by atoms with Crippen LogP contribution in [-0.4, -0.2) is 46.1 Å². The Morgan fingerprint density at radius 3 is 2.57 bits per heavy atom. The molecule has 1 aliphatic rings. The highest BCUT2D eigenvalue weighted by molar-refractivity contribution is 5.47. The van der Waals surface area contributed by atoms with Crippen LogP contribution in [0.15, 0.2) is 24.3 Å². The van der Waals surface area contributed by atoms with Crippen molar-refractivity contribution < 1.29 is 9.47 Å². The summed E-state index contributed by atoms with van der Waals surface area (Å²) in [4.78, 5) is 2.38. The van der Waals surface area contributed by atoms with E-state index in [4.69, 9.17) is 9.47 Å². The number of methoxy groups -OCH3 is 1. The minimum atomic E-state index is 0.443. The van der Waals surface area contributed by atoms with E-state index in [1.807, 2.05) is 0 Å². The Kier molecular flexibility index (Phi) is 7.00. The number of morpholine rings is 1. The van der Waals surface area contributed by atoms with E-state index in [1.54, 1.807) is 7.11 Å². The molecule has 1 unspecified atom stereocenters. The SMILES string of the molecule is CCCC(COC)NCc1ccc(N2CCOCC2)cc1. The molecule has 1 atom stereocenters. The van der Waals surface area contributed by atoms with Gasteiger partial charge in [-0.2, -0.15) is 0 Å². The molecule has 1 heterocycles. The summed E-state index contributed by atoms with van der Waals surface area (Å²) in [5.74, 6) is 0. The second kappa shape index (κ2) is 9.03. The Bertz CT molecular complexity index is 382. The molecule has 1 aliphatic heterocycles. The fraction of sp³-hybridized carbons (Fsp3) is 0.647. The van der Waals surface area contributed by atoms with Gasteiger partial charge in [0.2, 0.25) is 0 Å². The van der Waals surface area contributed by atoms with Gasteiger partial charge in [-0.3, -0.25) is 0 Å². The second-order valence-electron chi connectivity index (χ2n) is 5.59. The van der Waals surface area contributed by atoms with E-state index in [0.717, 1.165) is 45.9 Å². The number of rotatable bonds is 8. The van der Waals surface area contributed by atoms with Crippen molar-refractivity contribution >= 4 is 5.69 Å². The normalized spacial score (nSPS) is 17.0. The van der Waals surface area contributed by atoms with E-state index in [0.29, 0.717) is 6.04 Å². The van der Waals surface area contributed by atoms with E-state index in [2.05, 4.69) is 41.4 Å². The lowest BCUT2D eigenvalue weighted by Crippen LogP contribution is -2.36. The standard InChI is InChI=1S/C17H28N2O2/c1-3-4-16(14-20-2)18-13-15-5-7-17(8-6-15)19-9-11-21-12-10-19/h5-8,16,18H,3-4,9-14H2,1-2H3. The van der Waals surface area contributed by atoms with Crippen molar-refractivity contribution in [2.75, 3.05) is 44.9 Å². The molecule has 21 heavy (non-hydrogen) atoms. The van der Waals surface area contributed by atoms with Gasteiger partial charge in [-0.15, -0.1) is 0 Å². The molecule has 1 saturated heterocycles. The number of nitrogens with zero attached hydrogens (tertiary/aromatic N) is 1. The minimum Gasteiger partial charge on any atom is -0.383 e. The number of ether oxygens (including phenoxy) is 2. The first-order valence-corrected chi connectivity index (χ1v) is 7.97. The van der Waals surface area contributed by atoms with Crippen LogP contribution in [0.4, 0.5) is 5.69 Å². The Morgan fingerprint density at radius 1 is 1.24 bits per heavy atom. The van der Waals surface area contributed by atoms with Crippen LogP contribution in [0.2, 0.25) is 0 Å². The Labute approximate surface area is 128 Å². The molecule has 4 heteroatoms. The number of benzene rings is 1. The van der Waals surface area contributed by atoms with Crippen molar-refractivity contribution in [1.29, 1.82) is 0 Å². The average molecular weight is 292 g/mol. The molecule has 0 saturated carbocycles. The maximum Gasteiger partial charge on any atom is 0.0642 e. The van der Waals surface area contributed by atoms with Crippen LogP contribution < -0.4 is 10.2 Å². The van der Waals surface area contributed by atoms with Gasteiger partial charge < -0.3 is 19.7 Å². The molecule has 1 aromatic rings. The van der Waals surface area contributed by atoms with Crippen LogP contribution in [0.1, 0.15) is 25.3 Å². The van der Waals surface area contributed by atoms with Crippen LogP contribution in [-0.2, 0) is 16.0 Å². The molecule has 118 valence electrons. The number of hydrogen-bond donors (Lipinski definition) is 1. The fourth-order valence-electron chi connectivity index (χ4n) is 2.70. The summed E-state index contributed by atoms with van der Waals surface area (Å²) in [6.07, 6.45) is 2.33. The predicted octanol–water partition coefficient (Wildman–Crippen LogP) is 2.43. The van der Waals surface area contributed by atoms with Crippen LogP contribution >= 0.6 is 0 Å². The van der Waals surface area contributed by atoms with E-state index in [-0.39, 0.29) is 0 Å². The minimum absolute atomic E-state index is 0.443. The molecule has 0 spiro atoms. The lowest BCUT2D eigenvalue weighted by molar-refractivity contribution is 0.122. The summed E-state index contributed by atoms with van der Waals surface area (Å²) >= 11 is 0. The second-order valence-corrected chi connectivity index (χ2v) is 5.59. The van der Waals surface area contributed by atoms with Crippen molar-refractivity contribution in [2.45, 2.75) is 32.4 Å². The van der Waals surface area contributed by atoms with Crippen molar-refractivity contribution in [3.63, 3.8) is 0 Å². The van der Waals surface area contributed by atoms with Crippen molar-refractivity contribution in [3.8, 4) is 0 Å². The molecule has 0 bridgehead atoms. The highest BCUT2D eigenvalue weighted by Gasteiger charge is 2.11. The molecule has 0 aliphatic carbocycles. The predicted molar refractivity (Wildman–Crippen MR) is 86.9 cm³/mol. The first-order chi connectivity index (χ1) is 10.3. The van der Waals surface area contributed by atoms with Crippen molar-refractivity contribution in [2.24, 2.45) is 0 Å². The Hall–Kier alpha value is -1.10. The third-order valence-electron chi connectivity index (χ3n) is 3.91. The highest BCUT2D eigenvalue weighted by Crippen LogP contribution is 2.16. The van der Waals surface area contributed by atoms with E-state index >= 15 is 0 Å². The van der Waals surface area contributed by atoms with E-state index < -0.39 is 0 Å². The molecular formula is C17H28N2O2. The first-order valence-electron chi connectivity index (χ1n) is 7.97. The fourth-order valence-corrected chi connectivity index (χ4v) is 2.70. The van der Waals surface area contributed by atoms with Gasteiger partial charge >= 0.3 is 0 Å². The van der Waals surface area contributed by atoms with Gasteiger partial charge in [0, 0.05) is 38.5 Å². The number of anilines is 1. The van der Waals surface area contributed by atoms with Gasteiger partial charge in [0.25, 0.3) is 0 Å². The van der Waals surface area contributed by atoms with Gasteiger partial charge in [-0.1, -0.05) is 25.5 Å². The highest BCUT2D eigenvalue weighted by atomic mass is 16.5. The molecule has 0 amide bonds. The molecule has 1 fully saturated rings. The first kappa shape index (κ1) is 16.3. The Morgan fingerprint density at radius 2 is 1.95 bits per heavy atom. The zero-order chi connectivity index (χ0) is 14.9. The van der Waals surface area contributed by atoms with E-state index in [9.17, 15) is 0 Å². The lowest BCUT2D eigenvalue weighted by atomic mass is 10.1. The number of nitrogens with one attached hydrogen (secondary N) is 1. The quantitative estimate of drug-likeness (QED) is 0.798. The maximum absolute atomic E-state index is 5.39. The van der Waals surface area contributed by atoms with Gasteiger partial charge in [-0.25, -0.2) is 0 Å². The summed E-state index contributed by atoms with van der Waals surface area (Å²) in [5, 5.41) is 3.58. The molecular weight excluding hydrogens is 264 g/mol. The zero-order valence-corrected chi connectivity index (χ0v) is 13.3. The smallest absolute Gasteiger partial charge is 0.0642 e. The topological polar surface area (TPSA) is 33.7 Å². The van der Waals surface area contributed by atoms with Gasteiger partial charge in [-0.05, 0) is 24.1 Å². The summed E-state index contributed by atoms with van der Waals surface area (Å²) in [5.41, 5.74) is 2.62. The largest absolute Gasteiger partial charge is 0.383 e. The summed E-state index contributed by atoms with van der Waals surface area (Å²) in [6, 6.07) is 9.31. The third kappa shape index (κ3) is 5.30. The van der Waals surface area contributed by atoms with Crippen LogP contribution in [0.25, 0.3) is 0 Å². The maximum atomic E-state index is 5.39. The monoisotopic (exact) mass is 292 g/mol. The molecule has 1 N–H and O–H groups in total. The third-order valence-corrected chi connectivity index (χ3v) is 3.91. The molecule has 0 radical (unpaired) electrons. The average Bonchev–Trinajstić information content (AvgIpc) is 2.54. The van der Waals surface area contributed by atoms with Gasteiger partial charge in [0.15, 0.2) is 0 Å². The van der Waals surface area contributed by atoms with E-state index in [1.165, 1.54) is 17.7 Å². The van der Waals surface area contributed by atoms with Gasteiger partial charge in [0.1, 0.15) is 0 Å². The lowest BCUT2D eigenvalue weighted by Gasteiger charge is -2.29.